The number of hydrogen-bond acceptors (Lipinski definition) is 3. The summed E-state index contributed by atoms with van der Waals surface area (Å²) in [5, 5.41) is 10.7. The first-order valence-electron chi connectivity index (χ1n) is 5.26. The molecule has 1 unspecified atom stereocenters. The quantitative estimate of drug-likeness (QED) is 0.446. The summed E-state index contributed by atoms with van der Waals surface area (Å²) in [5.74, 6) is -0.132. The van der Waals surface area contributed by atoms with Gasteiger partial charge in [-0.2, -0.15) is 0 Å². The molecule has 16 heavy (non-hydrogen) atoms. The second kappa shape index (κ2) is 4.88. The van der Waals surface area contributed by atoms with E-state index < -0.39 is 4.92 Å². The van der Waals surface area contributed by atoms with Gasteiger partial charge in [0.25, 0.3) is 5.69 Å². The Hall–Kier alpha value is -1.71. The molecule has 1 aromatic carbocycles. The fourth-order valence-electron chi connectivity index (χ4n) is 1.43. The topological polar surface area (TPSA) is 60.2 Å². The summed E-state index contributed by atoms with van der Waals surface area (Å²) in [5.41, 5.74) is 1.01. The van der Waals surface area contributed by atoms with Crippen LogP contribution in [0.1, 0.15) is 36.2 Å². The molecule has 4 nitrogen and oxygen atoms in total. The Morgan fingerprint density at radius 1 is 1.50 bits per heavy atom. The lowest BCUT2D eigenvalue weighted by Gasteiger charge is -2.07. The van der Waals surface area contributed by atoms with E-state index in [4.69, 9.17) is 0 Å². The van der Waals surface area contributed by atoms with Gasteiger partial charge in [-0.05, 0) is 13.3 Å². The molecule has 0 aliphatic heterocycles. The van der Waals surface area contributed by atoms with E-state index in [1.54, 1.807) is 19.1 Å². The van der Waals surface area contributed by atoms with Crippen LogP contribution < -0.4 is 0 Å². The number of aryl methyl sites for hydroxylation is 1. The number of hydrogen-bond donors (Lipinski definition) is 0. The number of ketones is 1. The molecule has 0 N–H and O–H groups in total. The molecular formula is C12H15NO3. The third kappa shape index (κ3) is 2.45. The number of carbonyl (C=O) groups is 1. The third-order valence-corrected chi connectivity index (χ3v) is 2.75. The van der Waals surface area contributed by atoms with E-state index >= 15 is 0 Å². The van der Waals surface area contributed by atoms with Gasteiger partial charge in [0.15, 0.2) is 5.78 Å². The highest BCUT2D eigenvalue weighted by atomic mass is 16.6. The van der Waals surface area contributed by atoms with E-state index in [1.807, 2.05) is 13.8 Å². The Morgan fingerprint density at radius 2 is 2.12 bits per heavy atom. The molecule has 0 radical (unpaired) electrons. The van der Waals surface area contributed by atoms with E-state index in [2.05, 4.69) is 0 Å². The summed E-state index contributed by atoms with van der Waals surface area (Å²) in [4.78, 5) is 22.1. The summed E-state index contributed by atoms with van der Waals surface area (Å²) in [7, 11) is 0. The number of nitro benzene ring substituents is 1. The highest BCUT2D eigenvalue weighted by Crippen LogP contribution is 2.21. The van der Waals surface area contributed by atoms with Gasteiger partial charge in [0.2, 0.25) is 0 Å². The second-order valence-electron chi connectivity index (χ2n) is 3.93. The summed E-state index contributed by atoms with van der Waals surface area (Å²) in [6.45, 7) is 5.41. The maximum absolute atomic E-state index is 11.8. The Kier molecular flexibility index (Phi) is 3.77. The molecule has 0 saturated carbocycles. The molecule has 0 amide bonds. The van der Waals surface area contributed by atoms with Crippen molar-refractivity contribution in [2.45, 2.75) is 27.2 Å². The minimum Gasteiger partial charge on any atom is -0.294 e. The van der Waals surface area contributed by atoms with Crippen LogP contribution in [0.4, 0.5) is 5.69 Å². The van der Waals surface area contributed by atoms with Gasteiger partial charge in [-0.1, -0.05) is 26.0 Å². The number of Topliss-reactive ketones (excluding diaryl/α,β-unsaturated/α-hetero) is 1. The predicted molar refractivity (Wildman–Crippen MR) is 61.6 cm³/mol. The molecule has 0 fully saturated rings. The van der Waals surface area contributed by atoms with E-state index in [0.717, 1.165) is 6.42 Å². The Bertz CT molecular complexity index is 426. The van der Waals surface area contributed by atoms with Gasteiger partial charge in [-0.3, -0.25) is 14.9 Å². The Balaban J connectivity index is 3.13. The Labute approximate surface area is 94.4 Å². The van der Waals surface area contributed by atoms with Crippen molar-refractivity contribution in [1.82, 2.24) is 0 Å². The highest BCUT2D eigenvalue weighted by molar-refractivity contribution is 5.98. The first-order chi connectivity index (χ1) is 7.47. The molecule has 0 aliphatic carbocycles. The summed E-state index contributed by atoms with van der Waals surface area (Å²) < 4.78 is 0. The zero-order valence-electron chi connectivity index (χ0n) is 9.69. The van der Waals surface area contributed by atoms with Crippen molar-refractivity contribution in [1.29, 1.82) is 0 Å². The smallest absolute Gasteiger partial charge is 0.273 e. The molecule has 0 aliphatic rings. The number of benzene rings is 1. The molecule has 1 rings (SSSR count). The van der Waals surface area contributed by atoms with E-state index in [9.17, 15) is 14.9 Å². The largest absolute Gasteiger partial charge is 0.294 e. The Morgan fingerprint density at radius 3 is 2.62 bits per heavy atom. The van der Waals surface area contributed by atoms with E-state index in [0.29, 0.717) is 11.1 Å². The van der Waals surface area contributed by atoms with Gasteiger partial charge in [-0.25, -0.2) is 0 Å². The standard InChI is InChI=1S/C12H15NO3/c1-4-8(2)12(14)10-6-5-9(3)11(7-10)13(15)16/h5-8H,4H2,1-3H3. The van der Waals surface area contributed by atoms with Crippen LogP contribution >= 0.6 is 0 Å². The van der Waals surface area contributed by atoms with Crippen LogP contribution in [-0.2, 0) is 0 Å². The summed E-state index contributed by atoms with van der Waals surface area (Å²) in [6.07, 6.45) is 0.737. The van der Waals surface area contributed by atoms with Crippen LogP contribution in [0.5, 0.6) is 0 Å². The lowest BCUT2D eigenvalue weighted by Crippen LogP contribution is -2.10. The summed E-state index contributed by atoms with van der Waals surface area (Å²) in [6, 6.07) is 4.63. The van der Waals surface area contributed by atoms with Gasteiger partial charge >= 0.3 is 0 Å². The minimum absolute atomic E-state index is 0.00848. The lowest BCUT2D eigenvalue weighted by atomic mass is 9.96. The predicted octanol–water partition coefficient (Wildman–Crippen LogP) is 3.13. The molecule has 0 saturated heterocycles. The van der Waals surface area contributed by atoms with Crippen molar-refractivity contribution in [3.05, 3.63) is 39.4 Å². The molecule has 0 heterocycles. The van der Waals surface area contributed by atoms with Crippen LogP contribution in [0.25, 0.3) is 0 Å². The fourth-order valence-corrected chi connectivity index (χ4v) is 1.43. The summed E-state index contributed by atoms with van der Waals surface area (Å²) >= 11 is 0. The van der Waals surface area contributed by atoms with Crippen molar-refractivity contribution in [2.24, 2.45) is 5.92 Å². The van der Waals surface area contributed by atoms with Gasteiger partial charge in [0.05, 0.1) is 4.92 Å². The van der Waals surface area contributed by atoms with Crippen molar-refractivity contribution in [3.63, 3.8) is 0 Å². The third-order valence-electron chi connectivity index (χ3n) is 2.75. The number of nitrogens with zero attached hydrogens (tertiary/aromatic N) is 1. The number of carbonyl (C=O) groups excluding carboxylic acids is 1. The van der Waals surface area contributed by atoms with Gasteiger partial charge < -0.3 is 0 Å². The monoisotopic (exact) mass is 221 g/mol. The number of rotatable bonds is 4. The normalized spacial score (nSPS) is 12.2. The SMILES string of the molecule is CCC(C)C(=O)c1ccc(C)c([N+](=O)[O-])c1. The molecule has 1 atom stereocenters. The van der Waals surface area contributed by atoms with Crippen LogP contribution in [0.2, 0.25) is 0 Å². The van der Waals surface area contributed by atoms with E-state index in [-0.39, 0.29) is 17.4 Å². The maximum Gasteiger partial charge on any atom is 0.273 e. The van der Waals surface area contributed by atoms with Crippen molar-refractivity contribution >= 4 is 11.5 Å². The van der Waals surface area contributed by atoms with Crippen molar-refractivity contribution in [2.75, 3.05) is 0 Å². The molecule has 0 aromatic heterocycles. The average Bonchev–Trinajstić information content (AvgIpc) is 2.27. The van der Waals surface area contributed by atoms with Crippen molar-refractivity contribution < 1.29 is 9.72 Å². The highest BCUT2D eigenvalue weighted by Gasteiger charge is 2.18. The maximum atomic E-state index is 11.8. The van der Waals surface area contributed by atoms with Crippen molar-refractivity contribution in [3.8, 4) is 0 Å². The first kappa shape index (κ1) is 12.4. The number of nitro groups is 1. The molecule has 0 spiro atoms. The zero-order valence-corrected chi connectivity index (χ0v) is 9.69. The van der Waals surface area contributed by atoms with Gasteiger partial charge in [-0.15, -0.1) is 0 Å². The molecule has 4 heteroatoms. The van der Waals surface area contributed by atoms with Crippen LogP contribution in [0.15, 0.2) is 18.2 Å². The second-order valence-corrected chi connectivity index (χ2v) is 3.93. The molecule has 0 bridgehead atoms. The molecular weight excluding hydrogens is 206 g/mol. The van der Waals surface area contributed by atoms with Crippen LogP contribution in [-0.4, -0.2) is 10.7 Å². The first-order valence-corrected chi connectivity index (χ1v) is 5.26. The van der Waals surface area contributed by atoms with Crippen LogP contribution in [0.3, 0.4) is 0 Å². The minimum atomic E-state index is -0.456. The zero-order chi connectivity index (χ0) is 12.3. The van der Waals surface area contributed by atoms with E-state index in [1.165, 1.54) is 6.07 Å². The average molecular weight is 221 g/mol. The van der Waals surface area contributed by atoms with Gasteiger partial charge in [0.1, 0.15) is 0 Å². The fraction of sp³-hybridized carbons (Fsp3) is 0.417. The molecule has 1 aromatic rings. The van der Waals surface area contributed by atoms with Crippen LogP contribution in [0, 0.1) is 23.0 Å². The molecule has 86 valence electrons. The van der Waals surface area contributed by atoms with Gasteiger partial charge in [0, 0.05) is 23.1 Å². The lowest BCUT2D eigenvalue weighted by molar-refractivity contribution is -0.385.